The molecule has 1 rings (SSSR count). The van der Waals surface area contributed by atoms with Gasteiger partial charge in [0.05, 0.1) is 0 Å². The Hall–Kier alpha value is -0.810. The molecule has 1 aliphatic heterocycles. The molecule has 0 aromatic rings. The van der Waals surface area contributed by atoms with Crippen molar-refractivity contribution in [3.05, 3.63) is 0 Å². The highest BCUT2D eigenvalue weighted by molar-refractivity contribution is 5.67. The number of amides is 1. The lowest BCUT2D eigenvalue weighted by Gasteiger charge is -2.29. The molecule has 2 N–H and O–H groups in total. The fraction of sp³-hybridized carbons (Fsp3) is 0.938. The lowest BCUT2D eigenvalue weighted by molar-refractivity contribution is 0.0527. The van der Waals surface area contributed by atoms with Crippen LogP contribution in [0.1, 0.15) is 53.4 Å². The summed E-state index contributed by atoms with van der Waals surface area (Å²) in [6, 6.07) is 0.504. The fourth-order valence-corrected chi connectivity index (χ4v) is 2.54. The van der Waals surface area contributed by atoms with Crippen LogP contribution in [0.3, 0.4) is 0 Å². The molecule has 5 heteroatoms. The number of piperidine rings is 1. The zero-order valence-electron chi connectivity index (χ0n) is 14.2. The van der Waals surface area contributed by atoms with Gasteiger partial charge in [0.15, 0.2) is 0 Å². The van der Waals surface area contributed by atoms with E-state index >= 15 is 0 Å². The van der Waals surface area contributed by atoms with Gasteiger partial charge in [-0.15, -0.1) is 0 Å². The molecular formula is C16H33N3O2. The largest absolute Gasteiger partial charge is 0.444 e. The van der Waals surface area contributed by atoms with E-state index in [0.717, 1.165) is 19.5 Å². The minimum Gasteiger partial charge on any atom is -0.444 e. The Labute approximate surface area is 129 Å². The van der Waals surface area contributed by atoms with Gasteiger partial charge in [-0.05, 0) is 66.6 Å². The average Bonchev–Trinajstić information content (AvgIpc) is 2.37. The van der Waals surface area contributed by atoms with Gasteiger partial charge in [-0.25, -0.2) is 4.79 Å². The molecular weight excluding hydrogens is 266 g/mol. The van der Waals surface area contributed by atoms with Gasteiger partial charge in [0.2, 0.25) is 0 Å². The molecule has 1 amide bonds. The first kappa shape index (κ1) is 18.2. The number of likely N-dealkylation sites (tertiary alicyclic amines) is 1. The molecule has 1 saturated heterocycles. The Bertz CT molecular complexity index is 296. The van der Waals surface area contributed by atoms with Gasteiger partial charge >= 0.3 is 6.09 Å². The van der Waals surface area contributed by atoms with Crippen LogP contribution in [0.2, 0.25) is 0 Å². The molecule has 1 fully saturated rings. The van der Waals surface area contributed by atoms with Crippen LogP contribution >= 0.6 is 0 Å². The van der Waals surface area contributed by atoms with E-state index in [-0.39, 0.29) is 6.09 Å². The highest BCUT2D eigenvalue weighted by atomic mass is 16.6. The molecule has 1 heterocycles. The fourth-order valence-electron chi connectivity index (χ4n) is 2.54. The summed E-state index contributed by atoms with van der Waals surface area (Å²) in [7, 11) is 0. The van der Waals surface area contributed by atoms with Crippen molar-refractivity contribution in [1.82, 2.24) is 15.5 Å². The molecule has 1 unspecified atom stereocenters. The van der Waals surface area contributed by atoms with Crippen molar-refractivity contribution in [1.29, 1.82) is 0 Å². The normalized spacial score (nSPS) is 18.3. The van der Waals surface area contributed by atoms with Crippen LogP contribution in [-0.4, -0.2) is 55.4 Å². The standard InChI is InChI=1S/C16H33N3O2/c1-14(13-19-11-6-5-7-12-19)17-9-8-10-18-15(20)21-16(2,3)4/h14,17H,5-13H2,1-4H3,(H,18,20). The van der Waals surface area contributed by atoms with Gasteiger partial charge in [0.1, 0.15) is 5.60 Å². The zero-order valence-corrected chi connectivity index (χ0v) is 14.2. The molecule has 21 heavy (non-hydrogen) atoms. The zero-order chi connectivity index (χ0) is 15.7. The van der Waals surface area contributed by atoms with E-state index < -0.39 is 5.60 Å². The average molecular weight is 299 g/mol. The minimum atomic E-state index is -0.425. The van der Waals surface area contributed by atoms with E-state index in [1.54, 1.807) is 0 Å². The number of nitrogens with zero attached hydrogens (tertiary/aromatic N) is 1. The number of rotatable bonds is 7. The van der Waals surface area contributed by atoms with E-state index in [9.17, 15) is 4.79 Å². The molecule has 5 nitrogen and oxygen atoms in total. The summed E-state index contributed by atoms with van der Waals surface area (Å²) in [4.78, 5) is 14.0. The van der Waals surface area contributed by atoms with E-state index in [1.807, 2.05) is 20.8 Å². The van der Waals surface area contributed by atoms with Crippen molar-refractivity contribution < 1.29 is 9.53 Å². The van der Waals surface area contributed by atoms with E-state index in [0.29, 0.717) is 12.6 Å². The van der Waals surface area contributed by atoms with Gasteiger partial charge in [-0.1, -0.05) is 6.42 Å². The first-order valence-corrected chi connectivity index (χ1v) is 8.29. The summed E-state index contributed by atoms with van der Waals surface area (Å²) in [6.45, 7) is 13.0. The third-order valence-corrected chi connectivity index (χ3v) is 3.50. The molecule has 1 atom stereocenters. The molecule has 1 aliphatic rings. The molecule has 124 valence electrons. The maximum atomic E-state index is 11.5. The van der Waals surface area contributed by atoms with Gasteiger partial charge in [-0.2, -0.15) is 0 Å². The number of alkyl carbamates (subject to hydrolysis) is 1. The second-order valence-corrected chi connectivity index (χ2v) is 7.00. The highest BCUT2D eigenvalue weighted by Gasteiger charge is 2.15. The third kappa shape index (κ3) is 9.69. The third-order valence-electron chi connectivity index (χ3n) is 3.50. The van der Waals surface area contributed by atoms with Gasteiger partial charge < -0.3 is 20.3 Å². The minimum absolute atomic E-state index is 0.330. The molecule has 0 spiro atoms. The van der Waals surface area contributed by atoms with Crippen LogP contribution in [0.25, 0.3) is 0 Å². The predicted octanol–water partition coefficient (Wildman–Crippen LogP) is 2.37. The maximum absolute atomic E-state index is 11.5. The monoisotopic (exact) mass is 299 g/mol. The molecule has 0 aromatic heterocycles. The summed E-state index contributed by atoms with van der Waals surface area (Å²) in [5.74, 6) is 0. The van der Waals surface area contributed by atoms with E-state index in [2.05, 4.69) is 22.5 Å². The molecule has 0 bridgehead atoms. The Morgan fingerprint density at radius 3 is 2.48 bits per heavy atom. The van der Waals surface area contributed by atoms with Crippen LogP contribution in [-0.2, 0) is 4.74 Å². The van der Waals surface area contributed by atoms with Gasteiger partial charge in [0, 0.05) is 19.1 Å². The van der Waals surface area contributed by atoms with Crippen LogP contribution in [0.15, 0.2) is 0 Å². The van der Waals surface area contributed by atoms with Crippen molar-refractivity contribution in [2.24, 2.45) is 0 Å². The Balaban J connectivity index is 1.99. The number of carbonyl (C=O) groups is 1. The van der Waals surface area contributed by atoms with Crippen molar-refractivity contribution in [3.63, 3.8) is 0 Å². The SMILES string of the molecule is CC(CN1CCCCC1)NCCCNC(=O)OC(C)(C)C. The number of ether oxygens (including phenoxy) is 1. The topological polar surface area (TPSA) is 53.6 Å². The van der Waals surface area contributed by atoms with E-state index in [4.69, 9.17) is 4.74 Å². The summed E-state index contributed by atoms with van der Waals surface area (Å²) < 4.78 is 5.19. The van der Waals surface area contributed by atoms with Crippen LogP contribution in [0.4, 0.5) is 4.79 Å². The molecule has 0 aromatic carbocycles. The van der Waals surface area contributed by atoms with Crippen molar-refractivity contribution >= 4 is 6.09 Å². The molecule has 0 radical (unpaired) electrons. The number of nitrogens with one attached hydrogen (secondary N) is 2. The predicted molar refractivity (Wildman–Crippen MR) is 86.6 cm³/mol. The van der Waals surface area contributed by atoms with Crippen molar-refractivity contribution in [2.45, 2.75) is 65.0 Å². The number of hydrogen-bond donors (Lipinski definition) is 2. The molecule has 0 saturated carbocycles. The van der Waals surface area contributed by atoms with Crippen molar-refractivity contribution in [2.75, 3.05) is 32.7 Å². The number of hydrogen-bond acceptors (Lipinski definition) is 4. The summed E-state index contributed by atoms with van der Waals surface area (Å²) in [5.41, 5.74) is -0.425. The smallest absolute Gasteiger partial charge is 0.407 e. The maximum Gasteiger partial charge on any atom is 0.407 e. The van der Waals surface area contributed by atoms with Crippen molar-refractivity contribution in [3.8, 4) is 0 Å². The Morgan fingerprint density at radius 1 is 1.19 bits per heavy atom. The van der Waals surface area contributed by atoms with Gasteiger partial charge in [-0.3, -0.25) is 0 Å². The first-order chi connectivity index (χ1) is 9.87. The second kappa shape index (κ2) is 9.26. The Morgan fingerprint density at radius 2 is 1.86 bits per heavy atom. The second-order valence-electron chi connectivity index (χ2n) is 7.00. The summed E-state index contributed by atoms with van der Waals surface area (Å²) in [5, 5.41) is 6.30. The Kier molecular flexibility index (Phi) is 8.04. The first-order valence-electron chi connectivity index (χ1n) is 8.29. The molecule has 0 aliphatic carbocycles. The van der Waals surface area contributed by atoms with Crippen LogP contribution in [0, 0.1) is 0 Å². The van der Waals surface area contributed by atoms with Crippen LogP contribution < -0.4 is 10.6 Å². The highest BCUT2D eigenvalue weighted by Crippen LogP contribution is 2.08. The quantitative estimate of drug-likeness (QED) is 0.709. The summed E-state index contributed by atoms with van der Waals surface area (Å²) in [6.07, 6.45) is 4.65. The lowest BCUT2D eigenvalue weighted by Crippen LogP contribution is -2.42. The van der Waals surface area contributed by atoms with Gasteiger partial charge in [0.25, 0.3) is 0 Å². The number of carbonyl (C=O) groups excluding carboxylic acids is 1. The van der Waals surface area contributed by atoms with E-state index in [1.165, 1.54) is 32.4 Å². The lowest BCUT2D eigenvalue weighted by atomic mass is 10.1. The van der Waals surface area contributed by atoms with Crippen LogP contribution in [0.5, 0.6) is 0 Å². The summed E-state index contributed by atoms with van der Waals surface area (Å²) >= 11 is 0.